The maximum Gasteiger partial charge on any atom is 0.0991 e. The van der Waals surface area contributed by atoms with E-state index in [2.05, 4.69) is 125 Å². The summed E-state index contributed by atoms with van der Waals surface area (Å²) in [5.74, 6) is 0.400. The third-order valence-electron chi connectivity index (χ3n) is 9.31. The number of para-hydroxylation sites is 1. The van der Waals surface area contributed by atoms with E-state index in [9.17, 15) is 10.5 Å². The number of hydrogen-bond donors (Lipinski definition) is 0. The molecular weight excluding hydrogens is 560 g/mol. The highest BCUT2D eigenvalue weighted by molar-refractivity contribution is 5.87. The number of hydrogen-bond acceptors (Lipinski definition) is 4. The summed E-state index contributed by atoms with van der Waals surface area (Å²) in [6.45, 7) is 0. The number of anilines is 4. The van der Waals surface area contributed by atoms with Gasteiger partial charge in [-0.2, -0.15) is 10.5 Å². The Kier molecular flexibility index (Phi) is 6.82. The second kappa shape index (κ2) is 11.4. The molecule has 2 unspecified atom stereocenters. The van der Waals surface area contributed by atoms with E-state index in [0.717, 1.165) is 41.3 Å². The molecule has 0 bridgehead atoms. The van der Waals surface area contributed by atoms with Crippen molar-refractivity contribution < 1.29 is 0 Å². The van der Waals surface area contributed by atoms with Crippen LogP contribution in [0.2, 0.25) is 0 Å². The first kappa shape index (κ1) is 27.4. The Hall–Kier alpha value is -6.10. The fraction of sp³-hybridized carbons (Fsp3) is 0.0952. The first-order chi connectivity index (χ1) is 22.7. The molecule has 218 valence electrons. The number of nitrogens with zero attached hydrogens (tertiary/aromatic N) is 4. The van der Waals surface area contributed by atoms with E-state index in [1.54, 1.807) is 0 Å². The van der Waals surface area contributed by atoms with Gasteiger partial charge in [-0.15, -0.1) is 0 Å². The molecule has 4 aromatic rings. The van der Waals surface area contributed by atoms with Crippen LogP contribution in [-0.2, 0) is 0 Å². The van der Waals surface area contributed by atoms with E-state index in [0.29, 0.717) is 11.1 Å². The molecule has 0 heterocycles. The van der Waals surface area contributed by atoms with Crippen LogP contribution in [-0.4, -0.2) is 0 Å². The average molecular weight is 591 g/mol. The van der Waals surface area contributed by atoms with Crippen molar-refractivity contribution >= 4 is 34.9 Å². The molecule has 0 radical (unpaired) electrons. The molecule has 4 aliphatic rings. The van der Waals surface area contributed by atoms with Crippen molar-refractivity contribution in [1.29, 1.82) is 10.5 Å². The molecule has 0 spiro atoms. The molecule has 0 saturated heterocycles. The van der Waals surface area contributed by atoms with E-state index in [1.807, 2.05) is 42.5 Å². The van der Waals surface area contributed by atoms with E-state index < -0.39 is 0 Å². The van der Waals surface area contributed by atoms with Gasteiger partial charge in [-0.25, -0.2) is 0 Å². The zero-order chi connectivity index (χ0) is 31.0. The van der Waals surface area contributed by atoms with Gasteiger partial charge in [0.1, 0.15) is 0 Å². The minimum Gasteiger partial charge on any atom is -0.314 e. The summed E-state index contributed by atoms with van der Waals surface area (Å²) in [5, 5.41) is 18.9. The van der Waals surface area contributed by atoms with Crippen LogP contribution in [0.15, 0.2) is 150 Å². The largest absolute Gasteiger partial charge is 0.314 e. The smallest absolute Gasteiger partial charge is 0.0991 e. The van der Waals surface area contributed by atoms with Crippen molar-refractivity contribution in [3.63, 3.8) is 0 Å². The quantitative estimate of drug-likeness (QED) is 0.224. The number of nitriles is 2. The number of allylic oxidation sites excluding steroid dienone is 9. The Morgan fingerprint density at radius 2 is 1.33 bits per heavy atom. The van der Waals surface area contributed by atoms with Gasteiger partial charge < -0.3 is 9.80 Å². The summed E-state index contributed by atoms with van der Waals surface area (Å²) < 4.78 is 0. The van der Waals surface area contributed by atoms with Gasteiger partial charge in [-0.05, 0) is 108 Å². The molecular formula is C42H30N4. The van der Waals surface area contributed by atoms with Crippen molar-refractivity contribution in [1.82, 2.24) is 0 Å². The molecule has 0 fully saturated rings. The highest BCUT2D eigenvalue weighted by Crippen LogP contribution is 2.53. The fourth-order valence-electron chi connectivity index (χ4n) is 7.19. The number of rotatable bonds is 6. The van der Waals surface area contributed by atoms with Crippen LogP contribution in [0.5, 0.6) is 0 Å². The minimum atomic E-state index is 0.160. The molecule has 8 rings (SSSR count). The van der Waals surface area contributed by atoms with Crippen LogP contribution in [0.25, 0.3) is 12.2 Å². The monoisotopic (exact) mass is 590 g/mol. The predicted molar refractivity (Wildman–Crippen MR) is 186 cm³/mol. The summed E-state index contributed by atoms with van der Waals surface area (Å²) in [4.78, 5) is 4.68. The van der Waals surface area contributed by atoms with Gasteiger partial charge in [0.25, 0.3) is 0 Å². The van der Waals surface area contributed by atoms with Gasteiger partial charge in [0.15, 0.2) is 0 Å². The molecule has 46 heavy (non-hydrogen) atoms. The molecule has 2 atom stereocenters. The lowest BCUT2D eigenvalue weighted by atomic mass is 9.68. The third-order valence-corrected chi connectivity index (χ3v) is 9.31. The van der Waals surface area contributed by atoms with Crippen molar-refractivity contribution in [2.75, 3.05) is 9.80 Å². The lowest BCUT2D eigenvalue weighted by Crippen LogP contribution is -2.28. The third kappa shape index (κ3) is 4.60. The molecule has 0 aliphatic heterocycles. The van der Waals surface area contributed by atoms with Gasteiger partial charge in [-0.1, -0.05) is 66.8 Å². The first-order valence-corrected chi connectivity index (χ1v) is 15.7. The van der Waals surface area contributed by atoms with E-state index >= 15 is 0 Å². The Morgan fingerprint density at radius 1 is 0.652 bits per heavy atom. The minimum absolute atomic E-state index is 0.160. The van der Waals surface area contributed by atoms with Gasteiger partial charge in [0, 0.05) is 45.9 Å². The Labute approximate surface area is 269 Å². The summed E-state index contributed by atoms with van der Waals surface area (Å²) in [7, 11) is 0. The topological polar surface area (TPSA) is 54.1 Å². The van der Waals surface area contributed by atoms with E-state index in [4.69, 9.17) is 0 Å². The lowest BCUT2D eigenvalue weighted by Gasteiger charge is -2.41. The van der Waals surface area contributed by atoms with E-state index in [-0.39, 0.29) is 11.8 Å². The highest BCUT2D eigenvalue weighted by Gasteiger charge is 2.37. The van der Waals surface area contributed by atoms with E-state index in [1.165, 1.54) is 28.0 Å². The fourth-order valence-corrected chi connectivity index (χ4v) is 7.19. The Bertz CT molecular complexity index is 2110. The van der Waals surface area contributed by atoms with Gasteiger partial charge >= 0.3 is 0 Å². The van der Waals surface area contributed by atoms with Crippen LogP contribution in [0.3, 0.4) is 0 Å². The van der Waals surface area contributed by atoms with Crippen LogP contribution in [0, 0.1) is 28.6 Å². The highest BCUT2D eigenvalue weighted by atomic mass is 15.2. The molecule has 4 aromatic carbocycles. The zero-order valence-corrected chi connectivity index (χ0v) is 25.2. The van der Waals surface area contributed by atoms with Crippen molar-refractivity contribution in [2.24, 2.45) is 5.92 Å². The molecule has 4 nitrogen and oxygen atoms in total. The van der Waals surface area contributed by atoms with Crippen LogP contribution >= 0.6 is 0 Å². The molecule has 4 aliphatic carbocycles. The van der Waals surface area contributed by atoms with Crippen molar-refractivity contribution in [3.05, 3.63) is 178 Å². The Balaban J connectivity index is 1.30. The molecule has 0 saturated carbocycles. The van der Waals surface area contributed by atoms with Crippen molar-refractivity contribution in [3.8, 4) is 12.1 Å². The number of benzene rings is 4. The normalized spacial score (nSPS) is 18.3. The standard InChI is InChI=1S/C42H30N4/c43-27-29-11-19-35(20-12-29)45(33-7-3-1-4-8-33)39-25-17-31-16-24-38-40(26-18-32-15-23-37(39)41(31)42(32)38)46(34-9-5-2-6-10-34)36-21-13-30(28-44)14-22-36/h1-5,7-9,11-26,31,41H,6,10H2. The second-order valence-electron chi connectivity index (χ2n) is 11.9. The van der Waals surface area contributed by atoms with Gasteiger partial charge in [-0.3, -0.25) is 0 Å². The second-order valence-corrected chi connectivity index (χ2v) is 11.9. The zero-order valence-electron chi connectivity index (χ0n) is 25.2. The lowest BCUT2D eigenvalue weighted by molar-refractivity contribution is 0.655. The summed E-state index contributed by atoms with van der Waals surface area (Å²) in [5.41, 5.74) is 13.1. The average Bonchev–Trinajstić information content (AvgIpc) is 3.13. The van der Waals surface area contributed by atoms with Crippen molar-refractivity contribution in [2.45, 2.75) is 18.8 Å². The Morgan fingerprint density at radius 3 is 2.00 bits per heavy atom. The molecule has 4 heteroatoms. The molecule has 0 N–H and O–H groups in total. The van der Waals surface area contributed by atoms with Crippen LogP contribution in [0.4, 0.5) is 22.7 Å². The SMILES string of the molecule is N#Cc1ccc(N(C2=C3C=Cc4ccc(N(C5=CC=CCC5)c5ccc(C#N)cc5)c5c4C3C(C=C2)C=C5)c2ccccc2)cc1. The maximum absolute atomic E-state index is 9.47. The predicted octanol–water partition coefficient (Wildman–Crippen LogP) is 10.2. The maximum atomic E-state index is 9.47. The summed E-state index contributed by atoms with van der Waals surface area (Å²) in [6, 6.07) is 35.2. The summed E-state index contributed by atoms with van der Waals surface area (Å²) >= 11 is 0. The summed E-state index contributed by atoms with van der Waals surface area (Å²) in [6.07, 6.45) is 22.3. The first-order valence-electron chi connectivity index (χ1n) is 15.7. The molecule has 0 amide bonds. The van der Waals surface area contributed by atoms with Gasteiger partial charge in [0.05, 0.1) is 29.0 Å². The molecule has 0 aromatic heterocycles. The van der Waals surface area contributed by atoms with Gasteiger partial charge in [0.2, 0.25) is 0 Å². The van der Waals surface area contributed by atoms with Crippen LogP contribution in [0.1, 0.15) is 46.6 Å². The van der Waals surface area contributed by atoms with Crippen LogP contribution < -0.4 is 9.80 Å².